The van der Waals surface area contributed by atoms with Gasteiger partial charge in [-0.3, -0.25) is 0 Å². The van der Waals surface area contributed by atoms with Crippen LogP contribution in [0.2, 0.25) is 0 Å². The fraction of sp³-hybridized carbons (Fsp3) is 1.00. The molecule has 0 fully saturated rings. The molecule has 0 saturated heterocycles. The number of aliphatic hydroxyl groups is 2. The van der Waals surface area contributed by atoms with Gasteiger partial charge in [-0.1, -0.05) is 20.3 Å². The third-order valence-electron chi connectivity index (χ3n) is 1.72. The van der Waals surface area contributed by atoms with Crippen molar-refractivity contribution in [2.45, 2.75) is 39.4 Å². The summed E-state index contributed by atoms with van der Waals surface area (Å²) in [7, 11) is 0. The summed E-state index contributed by atoms with van der Waals surface area (Å²) in [6, 6.07) is 0. The largest absolute Gasteiger partial charge is 0.391 e. The first-order chi connectivity index (χ1) is 4.09. The maximum atomic E-state index is 9.14. The van der Waals surface area contributed by atoms with E-state index in [1.165, 1.54) is 0 Å². The minimum atomic E-state index is -0.597. The van der Waals surface area contributed by atoms with Crippen LogP contribution in [0.25, 0.3) is 0 Å². The molecule has 0 heterocycles. The minimum Gasteiger partial charge on any atom is -0.391 e. The fourth-order valence-corrected chi connectivity index (χ4v) is 0.717. The molecule has 0 aromatic carbocycles. The van der Waals surface area contributed by atoms with E-state index in [1.807, 2.05) is 13.8 Å². The lowest BCUT2D eigenvalue weighted by molar-refractivity contribution is -0.00307. The first-order valence-corrected chi connectivity index (χ1v) is 3.45. The van der Waals surface area contributed by atoms with Crippen LogP contribution in [0.15, 0.2) is 0 Å². The van der Waals surface area contributed by atoms with Gasteiger partial charge in [0, 0.05) is 0 Å². The summed E-state index contributed by atoms with van der Waals surface area (Å²) in [6.45, 7) is 5.53. The summed E-state index contributed by atoms with van der Waals surface area (Å²) in [5, 5.41) is 18.0. The molecule has 0 bridgehead atoms. The van der Waals surface area contributed by atoms with E-state index in [2.05, 4.69) is 0 Å². The highest BCUT2D eigenvalue weighted by molar-refractivity contribution is 4.67. The molecule has 0 radical (unpaired) electrons. The van der Waals surface area contributed by atoms with Crippen molar-refractivity contribution < 1.29 is 10.2 Å². The minimum absolute atomic E-state index is 0.199. The smallest absolute Gasteiger partial charge is 0.0821 e. The third kappa shape index (κ3) is 2.82. The van der Waals surface area contributed by atoms with E-state index >= 15 is 0 Å². The van der Waals surface area contributed by atoms with Crippen LogP contribution < -0.4 is 0 Å². The molecular weight excluding hydrogens is 116 g/mol. The zero-order valence-electron chi connectivity index (χ0n) is 6.33. The molecule has 0 aliphatic rings. The quantitative estimate of drug-likeness (QED) is 0.595. The molecule has 2 heteroatoms. The Morgan fingerprint density at radius 1 is 1.22 bits per heavy atom. The number of rotatable bonds is 3. The van der Waals surface area contributed by atoms with Crippen LogP contribution in [0.1, 0.15) is 27.2 Å². The highest BCUT2D eigenvalue weighted by Gasteiger charge is 2.16. The SMILES string of the molecule is CC[C@H](C)[C@H](O)[C@H](C)O. The molecule has 3 atom stereocenters. The summed E-state index contributed by atoms with van der Waals surface area (Å²) in [4.78, 5) is 0. The Labute approximate surface area is 56.5 Å². The molecule has 0 rings (SSSR count). The lowest BCUT2D eigenvalue weighted by Gasteiger charge is -2.19. The zero-order valence-corrected chi connectivity index (χ0v) is 6.33. The van der Waals surface area contributed by atoms with Crippen molar-refractivity contribution in [2.24, 2.45) is 5.92 Å². The second kappa shape index (κ2) is 3.85. The predicted octanol–water partition coefficient (Wildman–Crippen LogP) is 0.774. The highest BCUT2D eigenvalue weighted by atomic mass is 16.3. The van der Waals surface area contributed by atoms with E-state index in [-0.39, 0.29) is 5.92 Å². The van der Waals surface area contributed by atoms with Crippen molar-refractivity contribution >= 4 is 0 Å². The topological polar surface area (TPSA) is 40.5 Å². The van der Waals surface area contributed by atoms with E-state index in [1.54, 1.807) is 6.92 Å². The fourth-order valence-electron chi connectivity index (χ4n) is 0.717. The molecule has 0 spiro atoms. The van der Waals surface area contributed by atoms with Crippen LogP contribution in [0, 0.1) is 5.92 Å². The van der Waals surface area contributed by atoms with Gasteiger partial charge >= 0.3 is 0 Å². The standard InChI is InChI=1S/C7H16O2/c1-4-5(2)7(9)6(3)8/h5-9H,4H2,1-3H3/t5-,6-,7-/m0/s1. The second-order valence-electron chi connectivity index (χ2n) is 2.62. The molecule has 0 unspecified atom stereocenters. The van der Waals surface area contributed by atoms with Gasteiger partial charge in [-0.15, -0.1) is 0 Å². The molecule has 0 amide bonds. The Hall–Kier alpha value is -0.0800. The Morgan fingerprint density at radius 3 is 1.78 bits per heavy atom. The normalized spacial score (nSPS) is 21.0. The average molecular weight is 132 g/mol. The summed E-state index contributed by atoms with van der Waals surface area (Å²) in [6.07, 6.45) is -0.249. The third-order valence-corrected chi connectivity index (χ3v) is 1.72. The Bertz CT molecular complexity index is 71.3. The van der Waals surface area contributed by atoms with Crippen LogP contribution in [0.4, 0.5) is 0 Å². The monoisotopic (exact) mass is 132 g/mol. The maximum absolute atomic E-state index is 9.14. The van der Waals surface area contributed by atoms with Gasteiger partial charge < -0.3 is 10.2 Å². The Balaban J connectivity index is 3.58. The van der Waals surface area contributed by atoms with Gasteiger partial charge in [0.2, 0.25) is 0 Å². The number of aliphatic hydroxyl groups excluding tert-OH is 2. The summed E-state index contributed by atoms with van der Waals surface area (Å²) in [5.41, 5.74) is 0. The molecule has 56 valence electrons. The molecule has 0 aromatic rings. The van der Waals surface area contributed by atoms with Gasteiger partial charge in [0.15, 0.2) is 0 Å². The Kier molecular flexibility index (Phi) is 3.82. The number of hydrogen-bond donors (Lipinski definition) is 2. The molecule has 9 heavy (non-hydrogen) atoms. The van der Waals surface area contributed by atoms with E-state index in [9.17, 15) is 0 Å². The van der Waals surface area contributed by atoms with Crippen molar-refractivity contribution in [1.82, 2.24) is 0 Å². The lowest BCUT2D eigenvalue weighted by Crippen LogP contribution is -2.29. The van der Waals surface area contributed by atoms with Gasteiger partial charge in [-0.2, -0.15) is 0 Å². The van der Waals surface area contributed by atoms with Gasteiger partial charge in [-0.05, 0) is 12.8 Å². The molecule has 2 N–H and O–H groups in total. The number of hydrogen-bond acceptors (Lipinski definition) is 2. The first kappa shape index (κ1) is 8.92. The molecule has 2 nitrogen and oxygen atoms in total. The average Bonchev–Trinajstić information content (AvgIpc) is 1.84. The van der Waals surface area contributed by atoms with Gasteiger partial charge in [-0.25, -0.2) is 0 Å². The van der Waals surface area contributed by atoms with Crippen LogP contribution in [0.3, 0.4) is 0 Å². The highest BCUT2D eigenvalue weighted by Crippen LogP contribution is 2.09. The van der Waals surface area contributed by atoms with Crippen molar-refractivity contribution in [1.29, 1.82) is 0 Å². The molecule has 0 aliphatic heterocycles. The molecular formula is C7H16O2. The summed E-state index contributed by atoms with van der Waals surface area (Å²) < 4.78 is 0. The predicted molar refractivity (Wildman–Crippen MR) is 37.1 cm³/mol. The Morgan fingerprint density at radius 2 is 1.67 bits per heavy atom. The molecule has 0 saturated carbocycles. The van der Waals surface area contributed by atoms with Crippen LogP contribution >= 0.6 is 0 Å². The van der Waals surface area contributed by atoms with Crippen molar-refractivity contribution in [3.05, 3.63) is 0 Å². The molecule has 0 aromatic heterocycles. The summed E-state index contributed by atoms with van der Waals surface area (Å²) in [5.74, 6) is 0.199. The zero-order chi connectivity index (χ0) is 7.44. The van der Waals surface area contributed by atoms with Gasteiger partial charge in [0.05, 0.1) is 12.2 Å². The van der Waals surface area contributed by atoms with Gasteiger partial charge in [0.1, 0.15) is 0 Å². The molecule has 0 aliphatic carbocycles. The van der Waals surface area contributed by atoms with E-state index < -0.39 is 12.2 Å². The van der Waals surface area contributed by atoms with Crippen molar-refractivity contribution in [3.63, 3.8) is 0 Å². The van der Waals surface area contributed by atoms with Crippen LogP contribution in [-0.4, -0.2) is 22.4 Å². The van der Waals surface area contributed by atoms with Crippen molar-refractivity contribution in [2.75, 3.05) is 0 Å². The van der Waals surface area contributed by atoms with Crippen LogP contribution in [0.5, 0.6) is 0 Å². The van der Waals surface area contributed by atoms with E-state index in [0.29, 0.717) is 0 Å². The van der Waals surface area contributed by atoms with Crippen LogP contribution in [-0.2, 0) is 0 Å². The first-order valence-electron chi connectivity index (χ1n) is 3.45. The van der Waals surface area contributed by atoms with Gasteiger partial charge in [0.25, 0.3) is 0 Å². The van der Waals surface area contributed by atoms with E-state index in [4.69, 9.17) is 10.2 Å². The van der Waals surface area contributed by atoms with E-state index in [0.717, 1.165) is 6.42 Å². The second-order valence-corrected chi connectivity index (χ2v) is 2.62. The summed E-state index contributed by atoms with van der Waals surface area (Å²) >= 11 is 0. The van der Waals surface area contributed by atoms with Crippen molar-refractivity contribution in [3.8, 4) is 0 Å². The maximum Gasteiger partial charge on any atom is 0.0821 e. The lowest BCUT2D eigenvalue weighted by atomic mass is 9.98.